The highest BCUT2D eigenvalue weighted by Gasteiger charge is 2.23. The summed E-state index contributed by atoms with van der Waals surface area (Å²) in [7, 11) is 3.28. The first kappa shape index (κ1) is 13.3. The number of carbonyl (C=O) groups is 1. The first-order valence-electron chi connectivity index (χ1n) is 6.26. The van der Waals surface area contributed by atoms with Gasteiger partial charge in [0.15, 0.2) is 5.69 Å². The highest BCUT2D eigenvalue weighted by Crippen LogP contribution is 2.28. The van der Waals surface area contributed by atoms with Crippen molar-refractivity contribution in [2.45, 2.75) is 6.61 Å². The Bertz CT molecular complexity index is 819. The lowest BCUT2D eigenvalue weighted by Crippen LogP contribution is -2.00. The van der Waals surface area contributed by atoms with E-state index in [9.17, 15) is 4.79 Å². The van der Waals surface area contributed by atoms with Crippen molar-refractivity contribution in [3.8, 4) is 11.6 Å². The van der Waals surface area contributed by atoms with Crippen molar-refractivity contribution in [3.05, 3.63) is 35.7 Å². The van der Waals surface area contributed by atoms with Crippen LogP contribution in [0.15, 0.2) is 28.7 Å². The number of methoxy groups -OCH3 is 1. The second-order valence-electron chi connectivity index (χ2n) is 4.52. The number of rotatable bonds is 4. The van der Waals surface area contributed by atoms with Crippen LogP contribution in [0, 0.1) is 0 Å². The van der Waals surface area contributed by atoms with Gasteiger partial charge in [0.05, 0.1) is 12.1 Å². The molecule has 1 aromatic carbocycles. The van der Waals surface area contributed by atoms with Gasteiger partial charge in [-0.25, -0.2) is 9.78 Å². The van der Waals surface area contributed by atoms with Crippen LogP contribution < -0.4 is 0 Å². The molecule has 0 aliphatic carbocycles. The summed E-state index contributed by atoms with van der Waals surface area (Å²) in [5.41, 5.74) is 1.67. The first-order valence-corrected chi connectivity index (χ1v) is 6.26. The lowest BCUT2D eigenvalue weighted by atomic mass is 10.2. The van der Waals surface area contributed by atoms with Crippen molar-refractivity contribution in [2.75, 3.05) is 7.11 Å². The maximum absolute atomic E-state index is 11.2. The molecule has 108 valence electrons. The number of aromatic carboxylic acids is 1. The van der Waals surface area contributed by atoms with Crippen LogP contribution in [0.2, 0.25) is 0 Å². The van der Waals surface area contributed by atoms with Crippen LogP contribution in [0.3, 0.4) is 0 Å². The molecule has 21 heavy (non-hydrogen) atoms. The van der Waals surface area contributed by atoms with Crippen molar-refractivity contribution in [3.63, 3.8) is 0 Å². The van der Waals surface area contributed by atoms with Gasteiger partial charge in [0.25, 0.3) is 0 Å². The minimum Gasteiger partial charge on any atom is -0.475 e. The molecule has 1 N–H and O–H groups in total. The third-order valence-electron chi connectivity index (χ3n) is 3.13. The summed E-state index contributed by atoms with van der Waals surface area (Å²) in [5.74, 6) is -1.22. The van der Waals surface area contributed by atoms with Gasteiger partial charge in [0.1, 0.15) is 5.69 Å². The number of hydrogen-bond acceptors (Lipinski definition) is 5. The molecule has 7 nitrogen and oxygen atoms in total. The van der Waals surface area contributed by atoms with Crippen molar-refractivity contribution in [1.29, 1.82) is 0 Å². The highest BCUT2D eigenvalue weighted by atomic mass is 16.5. The standard InChI is InChI=1S/C14H13N3O4/c1-17-10-6-4-3-5-8(10)11(16-17)13-15-9(7-20-2)12(21-13)14(18)19/h3-6H,7H2,1-2H3,(H,18,19). The molecule has 0 spiro atoms. The number of fused-ring (bicyclic) bond motifs is 1. The van der Waals surface area contributed by atoms with E-state index in [2.05, 4.69) is 10.1 Å². The van der Waals surface area contributed by atoms with Crippen molar-refractivity contribution in [2.24, 2.45) is 7.05 Å². The largest absolute Gasteiger partial charge is 0.475 e. The monoisotopic (exact) mass is 287 g/mol. The van der Waals surface area contributed by atoms with Crippen LogP contribution in [0.5, 0.6) is 0 Å². The predicted molar refractivity (Wildman–Crippen MR) is 73.9 cm³/mol. The lowest BCUT2D eigenvalue weighted by molar-refractivity contribution is 0.0656. The summed E-state index contributed by atoms with van der Waals surface area (Å²) in [6, 6.07) is 7.59. The molecule has 0 radical (unpaired) electrons. The first-order chi connectivity index (χ1) is 10.1. The molecule has 0 saturated carbocycles. The van der Waals surface area contributed by atoms with E-state index in [-0.39, 0.29) is 24.0 Å². The number of para-hydroxylation sites is 1. The normalized spacial score (nSPS) is 11.1. The van der Waals surface area contributed by atoms with Crippen LogP contribution >= 0.6 is 0 Å². The summed E-state index contributed by atoms with van der Waals surface area (Å²) < 4.78 is 12.0. The molecule has 3 aromatic rings. The average molecular weight is 287 g/mol. The summed E-state index contributed by atoms with van der Waals surface area (Å²) >= 11 is 0. The van der Waals surface area contributed by atoms with Crippen molar-refractivity contribution < 1.29 is 19.1 Å². The summed E-state index contributed by atoms with van der Waals surface area (Å²) in [6.07, 6.45) is 0. The van der Waals surface area contributed by atoms with E-state index in [4.69, 9.17) is 14.3 Å². The number of benzene rings is 1. The van der Waals surface area contributed by atoms with Gasteiger partial charge in [-0.15, -0.1) is 0 Å². The predicted octanol–water partition coefficient (Wildman–Crippen LogP) is 2.07. The number of aromatic nitrogens is 3. The maximum Gasteiger partial charge on any atom is 0.373 e. The van der Waals surface area contributed by atoms with Gasteiger partial charge in [-0.05, 0) is 6.07 Å². The fraction of sp³-hybridized carbons (Fsp3) is 0.214. The van der Waals surface area contributed by atoms with Gasteiger partial charge >= 0.3 is 5.97 Å². The summed E-state index contributed by atoms with van der Waals surface area (Å²) in [4.78, 5) is 15.4. The Labute approximate surface area is 119 Å². The zero-order valence-electron chi connectivity index (χ0n) is 11.5. The number of oxazole rings is 1. The molecule has 7 heteroatoms. The third-order valence-corrected chi connectivity index (χ3v) is 3.13. The van der Waals surface area contributed by atoms with E-state index >= 15 is 0 Å². The Balaban J connectivity index is 2.19. The number of carboxylic acids is 1. The van der Waals surface area contributed by atoms with Gasteiger partial charge < -0.3 is 14.3 Å². The van der Waals surface area contributed by atoms with Gasteiger partial charge in [-0.1, -0.05) is 18.2 Å². The van der Waals surface area contributed by atoms with E-state index in [1.807, 2.05) is 31.3 Å². The van der Waals surface area contributed by atoms with Gasteiger partial charge in [-0.3, -0.25) is 4.68 Å². The van der Waals surface area contributed by atoms with E-state index in [1.165, 1.54) is 7.11 Å². The van der Waals surface area contributed by atoms with Crippen molar-refractivity contribution in [1.82, 2.24) is 14.8 Å². The molecule has 0 bridgehead atoms. The quantitative estimate of drug-likeness (QED) is 0.790. The molecule has 3 rings (SSSR count). The topological polar surface area (TPSA) is 90.4 Å². The third kappa shape index (κ3) is 2.17. The molecule has 0 atom stereocenters. The summed E-state index contributed by atoms with van der Waals surface area (Å²) in [5, 5.41) is 14.4. The van der Waals surface area contributed by atoms with Crippen LogP contribution in [0.1, 0.15) is 16.2 Å². The molecule has 0 aliphatic rings. The van der Waals surface area contributed by atoms with Crippen LogP contribution in [0.4, 0.5) is 0 Å². The minimum atomic E-state index is -1.18. The van der Waals surface area contributed by atoms with E-state index in [0.29, 0.717) is 5.69 Å². The zero-order valence-corrected chi connectivity index (χ0v) is 11.5. The van der Waals surface area contributed by atoms with Crippen LogP contribution in [-0.4, -0.2) is 33.0 Å². The van der Waals surface area contributed by atoms with Crippen LogP contribution in [0.25, 0.3) is 22.5 Å². The number of aryl methyl sites for hydroxylation is 1. The Morgan fingerprint density at radius 2 is 2.19 bits per heavy atom. The van der Waals surface area contributed by atoms with Crippen molar-refractivity contribution >= 4 is 16.9 Å². The van der Waals surface area contributed by atoms with Gasteiger partial charge in [-0.2, -0.15) is 5.10 Å². The SMILES string of the molecule is COCc1nc(-c2nn(C)c3ccccc23)oc1C(=O)O. The fourth-order valence-electron chi connectivity index (χ4n) is 2.23. The molecule has 0 aliphatic heterocycles. The smallest absolute Gasteiger partial charge is 0.373 e. The Hall–Kier alpha value is -2.67. The molecule has 0 saturated heterocycles. The number of carboxylic acid groups (broad SMARTS) is 1. The molecule has 0 amide bonds. The number of nitrogens with zero attached hydrogens (tertiary/aromatic N) is 3. The van der Waals surface area contributed by atoms with E-state index in [1.54, 1.807) is 4.68 Å². The average Bonchev–Trinajstić information content (AvgIpc) is 3.02. The van der Waals surface area contributed by atoms with E-state index in [0.717, 1.165) is 10.9 Å². The number of hydrogen-bond donors (Lipinski definition) is 1. The molecular weight excluding hydrogens is 274 g/mol. The second kappa shape index (κ2) is 5.02. The fourth-order valence-corrected chi connectivity index (χ4v) is 2.23. The van der Waals surface area contributed by atoms with Gasteiger partial charge in [0.2, 0.25) is 11.7 Å². The van der Waals surface area contributed by atoms with Crippen LogP contribution in [-0.2, 0) is 18.4 Å². The van der Waals surface area contributed by atoms with E-state index < -0.39 is 5.97 Å². The molecule has 0 unspecified atom stereocenters. The number of ether oxygens (including phenoxy) is 1. The zero-order chi connectivity index (χ0) is 15.0. The second-order valence-corrected chi connectivity index (χ2v) is 4.52. The summed E-state index contributed by atoms with van der Waals surface area (Å²) in [6.45, 7) is 0.0654. The highest BCUT2D eigenvalue weighted by molar-refractivity contribution is 5.92. The molecule has 2 heterocycles. The Morgan fingerprint density at radius 3 is 2.90 bits per heavy atom. The van der Waals surface area contributed by atoms with Gasteiger partial charge in [0, 0.05) is 19.5 Å². The molecule has 2 aromatic heterocycles. The Kier molecular flexibility index (Phi) is 3.19. The minimum absolute atomic E-state index is 0.0654. The molecular formula is C14H13N3O4. The molecule has 0 fully saturated rings. The maximum atomic E-state index is 11.2. The Morgan fingerprint density at radius 1 is 1.43 bits per heavy atom. The lowest BCUT2D eigenvalue weighted by Gasteiger charge is -1.92.